The number of pyridine rings is 1. The average molecular weight is 325 g/mol. The van der Waals surface area contributed by atoms with Gasteiger partial charge in [-0.2, -0.15) is 0 Å². The highest BCUT2D eigenvalue weighted by molar-refractivity contribution is 6.44. The maximum absolute atomic E-state index is 9.45. The summed E-state index contributed by atoms with van der Waals surface area (Å²) in [4.78, 5) is 8.20. The highest BCUT2D eigenvalue weighted by Crippen LogP contribution is 2.42. The smallest absolute Gasteiger partial charge is 0.162 e. The summed E-state index contributed by atoms with van der Waals surface area (Å²) >= 11 is 12.1. The molecule has 4 N–H and O–H groups in total. The van der Waals surface area contributed by atoms with Crippen LogP contribution in [-0.4, -0.2) is 22.5 Å². The number of nitrogens with one attached hydrogen (secondary N) is 1. The number of halogens is 2. The Hall–Kier alpha value is -2.02. The molecule has 0 fully saturated rings. The molecule has 0 amide bonds. The highest BCUT2D eigenvalue weighted by atomic mass is 35.5. The van der Waals surface area contributed by atoms with Crippen LogP contribution >= 0.6 is 23.2 Å². The van der Waals surface area contributed by atoms with Gasteiger partial charge in [0, 0.05) is 12.3 Å². The monoisotopic (exact) mass is 324 g/mol. The van der Waals surface area contributed by atoms with Crippen molar-refractivity contribution in [2.75, 3.05) is 11.1 Å². The molecule has 1 aromatic carbocycles. The highest BCUT2D eigenvalue weighted by Gasteiger charge is 2.18. The molecular weight excluding hydrogens is 315 g/mol. The lowest BCUT2D eigenvalue weighted by molar-refractivity contribution is 0.273. The van der Waals surface area contributed by atoms with Crippen LogP contribution in [0.25, 0.3) is 0 Å². The second-order valence-electron chi connectivity index (χ2n) is 4.26. The minimum absolute atomic E-state index is 0.218. The molecule has 0 aliphatic carbocycles. The van der Waals surface area contributed by atoms with Crippen molar-refractivity contribution in [2.45, 2.75) is 6.23 Å². The normalized spacial score (nSPS) is 16.2. The maximum Gasteiger partial charge on any atom is 0.162 e. The van der Waals surface area contributed by atoms with Crippen molar-refractivity contribution in [3.8, 4) is 11.5 Å². The molecule has 2 aromatic rings. The molecular formula is C13H10Cl2N4O2. The molecule has 21 heavy (non-hydrogen) atoms. The van der Waals surface area contributed by atoms with E-state index in [2.05, 4.69) is 15.3 Å². The number of anilines is 2. The number of ether oxygens (including phenoxy) is 1. The lowest BCUT2D eigenvalue weighted by atomic mass is 10.3. The molecule has 1 aliphatic heterocycles. The van der Waals surface area contributed by atoms with Crippen LogP contribution < -0.4 is 15.8 Å². The number of nitrogens with zero attached hydrogens (tertiary/aromatic N) is 2. The Balaban J connectivity index is 2.00. The number of aliphatic hydroxyl groups is 1. The number of aliphatic imine (C=N–C) groups is 1. The van der Waals surface area contributed by atoms with Crippen molar-refractivity contribution in [1.29, 1.82) is 0 Å². The van der Waals surface area contributed by atoms with Gasteiger partial charge in [0.1, 0.15) is 16.5 Å². The Morgan fingerprint density at radius 2 is 2.00 bits per heavy atom. The summed E-state index contributed by atoms with van der Waals surface area (Å²) in [7, 11) is 0. The van der Waals surface area contributed by atoms with Gasteiger partial charge in [-0.1, -0.05) is 23.2 Å². The third kappa shape index (κ3) is 2.61. The Morgan fingerprint density at radius 1 is 1.19 bits per heavy atom. The van der Waals surface area contributed by atoms with Crippen LogP contribution in [0.15, 0.2) is 29.4 Å². The molecule has 0 saturated heterocycles. The first-order valence-electron chi connectivity index (χ1n) is 5.95. The van der Waals surface area contributed by atoms with Crippen molar-refractivity contribution >= 4 is 46.6 Å². The van der Waals surface area contributed by atoms with Crippen LogP contribution in [0.1, 0.15) is 0 Å². The summed E-state index contributed by atoms with van der Waals surface area (Å²) in [6, 6.07) is 4.85. The molecule has 2 heterocycles. The van der Waals surface area contributed by atoms with E-state index in [1.54, 1.807) is 18.2 Å². The lowest BCUT2D eigenvalue weighted by Gasteiger charge is -2.18. The first kappa shape index (κ1) is 13.9. The zero-order valence-corrected chi connectivity index (χ0v) is 12.1. The van der Waals surface area contributed by atoms with Crippen LogP contribution in [0.2, 0.25) is 10.0 Å². The number of aliphatic hydroxyl groups excluding tert-OH is 1. The second kappa shape index (κ2) is 5.40. The predicted molar refractivity (Wildman–Crippen MR) is 83.0 cm³/mol. The molecule has 8 heteroatoms. The molecule has 3 rings (SSSR count). The Labute approximate surface area is 130 Å². The van der Waals surface area contributed by atoms with Gasteiger partial charge in [0.15, 0.2) is 17.8 Å². The SMILES string of the molecule is Nc1ccc(Oc2ccnc3c2N=CC(O)N3)c(Cl)c1Cl. The molecule has 6 nitrogen and oxygen atoms in total. The first-order chi connectivity index (χ1) is 10.1. The fourth-order valence-electron chi connectivity index (χ4n) is 1.82. The van der Waals surface area contributed by atoms with E-state index in [9.17, 15) is 5.11 Å². The topological polar surface area (TPSA) is 92.8 Å². The molecule has 1 aliphatic rings. The van der Waals surface area contributed by atoms with E-state index < -0.39 is 6.23 Å². The summed E-state index contributed by atoms with van der Waals surface area (Å²) in [6.45, 7) is 0. The van der Waals surface area contributed by atoms with Crippen molar-refractivity contribution in [2.24, 2.45) is 4.99 Å². The van der Waals surface area contributed by atoms with Gasteiger partial charge in [-0.3, -0.25) is 0 Å². The summed E-state index contributed by atoms with van der Waals surface area (Å²) in [5.74, 6) is 1.20. The van der Waals surface area contributed by atoms with Crippen molar-refractivity contribution < 1.29 is 9.84 Å². The van der Waals surface area contributed by atoms with Gasteiger partial charge in [-0.15, -0.1) is 0 Å². The number of nitrogens with two attached hydrogens (primary N) is 1. The van der Waals surface area contributed by atoms with Crippen LogP contribution in [-0.2, 0) is 0 Å². The van der Waals surface area contributed by atoms with Crippen molar-refractivity contribution in [3.05, 3.63) is 34.4 Å². The van der Waals surface area contributed by atoms with E-state index in [1.165, 1.54) is 12.4 Å². The van der Waals surface area contributed by atoms with E-state index in [1.807, 2.05) is 0 Å². The molecule has 0 spiro atoms. The number of hydrogen-bond donors (Lipinski definition) is 3. The fourth-order valence-corrected chi connectivity index (χ4v) is 2.18. The average Bonchev–Trinajstić information content (AvgIpc) is 2.48. The van der Waals surface area contributed by atoms with Crippen LogP contribution in [0.3, 0.4) is 0 Å². The van der Waals surface area contributed by atoms with Gasteiger partial charge in [0.25, 0.3) is 0 Å². The zero-order chi connectivity index (χ0) is 15.0. The van der Waals surface area contributed by atoms with Gasteiger partial charge in [-0.25, -0.2) is 9.98 Å². The van der Waals surface area contributed by atoms with E-state index in [0.29, 0.717) is 28.7 Å². The molecule has 0 saturated carbocycles. The quantitative estimate of drug-likeness (QED) is 0.737. The fraction of sp³-hybridized carbons (Fsp3) is 0.0769. The lowest BCUT2D eigenvalue weighted by Crippen LogP contribution is -2.23. The number of fused-ring (bicyclic) bond motifs is 1. The van der Waals surface area contributed by atoms with Crippen molar-refractivity contribution in [1.82, 2.24) is 4.98 Å². The molecule has 108 valence electrons. The molecule has 1 unspecified atom stereocenters. The van der Waals surface area contributed by atoms with E-state index in [-0.39, 0.29) is 10.0 Å². The molecule has 1 atom stereocenters. The number of aromatic nitrogens is 1. The van der Waals surface area contributed by atoms with Gasteiger partial charge in [0.05, 0.1) is 16.9 Å². The number of hydrogen-bond acceptors (Lipinski definition) is 6. The van der Waals surface area contributed by atoms with Crippen LogP contribution in [0.5, 0.6) is 11.5 Å². The van der Waals surface area contributed by atoms with Crippen LogP contribution in [0, 0.1) is 0 Å². The number of nitrogen functional groups attached to an aromatic ring is 1. The molecule has 0 radical (unpaired) electrons. The molecule has 0 bridgehead atoms. The minimum atomic E-state index is -0.880. The maximum atomic E-state index is 9.45. The van der Waals surface area contributed by atoms with Crippen molar-refractivity contribution in [3.63, 3.8) is 0 Å². The van der Waals surface area contributed by atoms with Gasteiger partial charge in [-0.05, 0) is 12.1 Å². The summed E-state index contributed by atoms with van der Waals surface area (Å²) in [6.07, 6.45) is 1.99. The third-order valence-electron chi connectivity index (χ3n) is 2.81. The van der Waals surface area contributed by atoms with Crippen LogP contribution in [0.4, 0.5) is 17.2 Å². The second-order valence-corrected chi connectivity index (χ2v) is 5.01. The zero-order valence-electron chi connectivity index (χ0n) is 10.5. The Morgan fingerprint density at radius 3 is 2.81 bits per heavy atom. The summed E-state index contributed by atoms with van der Waals surface area (Å²) < 4.78 is 5.73. The number of rotatable bonds is 2. The predicted octanol–water partition coefficient (Wildman–Crippen LogP) is 3.21. The summed E-state index contributed by atoms with van der Waals surface area (Å²) in [5, 5.41) is 12.7. The van der Waals surface area contributed by atoms with E-state index in [0.717, 1.165) is 0 Å². The third-order valence-corrected chi connectivity index (χ3v) is 3.69. The molecule has 1 aromatic heterocycles. The van der Waals surface area contributed by atoms with Gasteiger partial charge in [0.2, 0.25) is 0 Å². The Bertz CT molecular complexity index is 736. The van der Waals surface area contributed by atoms with Gasteiger partial charge < -0.3 is 20.9 Å². The van der Waals surface area contributed by atoms with E-state index in [4.69, 9.17) is 33.7 Å². The summed E-state index contributed by atoms with van der Waals surface area (Å²) in [5.41, 5.74) is 6.50. The largest absolute Gasteiger partial charge is 0.453 e. The van der Waals surface area contributed by atoms with Gasteiger partial charge >= 0.3 is 0 Å². The Kier molecular flexibility index (Phi) is 3.59. The standard InChI is InChI=1S/C13H10Cl2N4O2/c14-10-6(16)1-2-7(11(10)15)21-8-3-4-17-13-12(8)18-5-9(20)19-13/h1-5,9,20H,16H2,(H,17,19). The van der Waals surface area contributed by atoms with E-state index >= 15 is 0 Å². The minimum Gasteiger partial charge on any atom is -0.453 e. The first-order valence-corrected chi connectivity index (χ1v) is 6.71. The number of benzene rings is 1.